The third-order valence-electron chi connectivity index (χ3n) is 3.19. The summed E-state index contributed by atoms with van der Waals surface area (Å²) in [6, 6.07) is 0. The highest BCUT2D eigenvalue weighted by Crippen LogP contribution is 2.21. The highest BCUT2D eigenvalue weighted by atomic mass is 16.2. The molecule has 0 fully saturated rings. The lowest BCUT2D eigenvalue weighted by molar-refractivity contribution is 0.101. The van der Waals surface area contributed by atoms with Gasteiger partial charge in [0.15, 0.2) is 5.78 Å². The lowest BCUT2D eigenvalue weighted by Gasteiger charge is -2.04. The van der Waals surface area contributed by atoms with Gasteiger partial charge in [0.1, 0.15) is 5.69 Å². The number of amides is 1. The zero-order valence-corrected chi connectivity index (χ0v) is 12.1. The van der Waals surface area contributed by atoms with Gasteiger partial charge in [-0.25, -0.2) is 0 Å². The van der Waals surface area contributed by atoms with Crippen molar-refractivity contribution < 1.29 is 9.59 Å². The largest absolute Gasteiger partial charge is 0.354 e. The first kappa shape index (κ1) is 14.0. The highest BCUT2D eigenvalue weighted by molar-refractivity contribution is 6.07. The molecule has 0 unspecified atom stereocenters. The summed E-state index contributed by atoms with van der Waals surface area (Å²) in [7, 11) is 1.78. The van der Waals surface area contributed by atoms with Crippen LogP contribution in [0, 0.1) is 6.92 Å². The van der Waals surface area contributed by atoms with Crippen LogP contribution in [0.2, 0.25) is 0 Å². The molecule has 0 saturated heterocycles. The summed E-state index contributed by atoms with van der Waals surface area (Å²) in [5, 5.41) is 6.76. The van der Waals surface area contributed by atoms with Crippen molar-refractivity contribution >= 4 is 17.4 Å². The molecule has 2 aromatic heterocycles. The third kappa shape index (κ3) is 2.49. The molecule has 0 saturated carbocycles. The fraction of sp³-hybridized carbons (Fsp3) is 0.357. The number of ketones is 1. The number of aryl methyl sites for hydroxylation is 2. The molecule has 2 aromatic rings. The first-order valence-electron chi connectivity index (χ1n) is 6.46. The van der Waals surface area contributed by atoms with E-state index < -0.39 is 0 Å². The molecule has 0 spiro atoms. The van der Waals surface area contributed by atoms with Crippen LogP contribution in [0.25, 0.3) is 0 Å². The van der Waals surface area contributed by atoms with Gasteiger partial charge < -0.3 is 10.3 Å². The first-order chi connectivity index (χ1) is 9.43. The topological polar surface area (TPSA) is 79.8 Å². The summed E-state index contributed by atoms with van der Waals surface area (Å²) in [6.45, 7) is 5.24. The standard InChI is InChI=1S/C14H18N4O2/c1-5-11-12(9(3)19)8(2)16-13(11)14(20)17-10-6-15-18(4)7-10/h6-7,16H,5H2,1-4H3,(H,17,20). The normalized spacial score (nSPS) is 10.6. The van der Waals surface area contributed by atoms with Crippen LogP contribution in [0.3, 0.4) is 0 Å². The Morgan fingerprint density at radius 3 is 2.65 bits per heavy atom. The van der Waals surface area contributed by atoms with Gasteiger partial charge in [0.05, 0.1) is 11.9 Å². The Kier molecular flexibility index (Phi) is 3.74. The number of aromatic amines is 1. The van der Waals surface area contributed by atoms with E-state index in [9.17, 15) is 9.59 Å². The lowest BCUT2D eigenvalue weighted by Crippen LogP contribution is -2.14. The van der Waals surface area contributed by atoms with Crippen molar-refractivity contribution in [2.24, 2.45) is 7.05 Å². The molecule has 6 nitrogen and oxygen atoms in total. The van der Waals surface area contributed by atoms with Crippen LogP contribution in [0.15, 0.2) is 12.4 Å². The summed E-state index contributed by atoms with van der Waals surface area (Å²) in [6.07, 6.45) is 3.91. The molecule has 0 atom stereocenters. The number of H-pyrrole nitrogens is 1. The molecule has 0 aliphatic heterocycles. The lowest BCUT2D eigenvalue weighted by atomic mass is 10.0. The molecule has 0 aromatic carbocycles. The van der Waals surface area contributed by atoms with Gasteiger partial charge in [-0.05, 0) is 25.8 Å². The molecule has 0 bridgehead atoms. The van der Waals surface area contributed by atoms with Crippen molar-refractivity contribution in [1.29, 1.82) is 0 Å². The summed E-state index contributed by atoms with van der Waals surface area (Å²) in [4.78, 5) is 27.0. The number of anilines is 1. The zero-order chi connectivity index (χ0) is 14.9. The van der Waals surface area contributed by atoms with Gasteiger partial charge in [0, 0.05) is 24.5 Å². The molecule has 2 heterocycles. The van der Waals surface area contributed by atoms with Crippen molar-refractivity contribution in [2.75, 3.05) is 5.32 Å². The number of hydrogen-bond acceptors (Lipinski definition) is 3. The van der Waals surface area contributed by atoms with E-state index >= 15 is 0 Å². The summed E-state index contributed by atoms with van der Waals surface area (Å²) in [5.41, 5.74) is 3.17. The second-order valence-electron chi connectivity index (χ2n) is 4.75. The van der Waals surface area contributed by atoms with Gasteiger partial charge in [0.25, 0.3) is 5.91 Å². The number of carbonyl (C=O) groups is 2. The Balaban J connectivity index is 2.35. The van der Waals surface area contributed by atoms with Crippen LogP contribution in [0.5, 0.6) is 0 Å². The molecule has 106 valence electrons. The highest BCUT2D eigenvalue weighted by Gasteiger charge is 2.21. The van der Waals surface area contributed by atoms with E-state index in [-0.39, 0.29) is 11.7 Å². The average Bonchev–Trinajstić information content (AvgIpc) is 2.92. The number of hydrogen-bond donors (Lipinski definition) is 2. The number of nitrogens with one attached hydrogen (secondary N) is 2. The number of nitrogens with zero attached hydrogens (tertiary/aromatic N) is 2. The molecule has 20 heavy (non-hydrogen) atoms. The van der Waals surface area contributed by atoms with Crippen molar-refractivity contribution in [3.63, 3.8) is 0 Å². The van der Waals surface area contributed by atoms with Crippen molar-refractivity contribution in [3.8, 4) is 0 Å². The monoisotopic (exact) mass is 274 g/mol. The average molecular weight is 274 g/mol. The second-order valence-corrected chi connectivity index (χ2v) is 4.75. The minimum absolute atomic E-state index is 0.0315. The van der Waals surface area contributed by atoms with E-state index in [4.69, 9.17) is 0 Å². The Hall–Kier alpha value is -2.37. The van der Waals surface area contributed by atoms with Gasteiger partial charge in [0.2, 0.25) is 0 Å². The molecule has 2 rings (SSSR count). The summed E-state index contributed by atoms with van der Waals surface area (Å²) in [5.74, 6) is -0.290. The molecule has 0 aliphatic carbocycles. The smallest absolute Gasteiger partial charge is 0.272 e. The predicted molar refractivity (Wildman–Crippen MR) is 76.1 cm³/mol. The van der Waals surface area contributed by atoms with E-state index in [1.54, 1.807) is 31.0 Å². The van der Waals surface area contributed by atoms with Crippen LogP contribution < -0.4 is 5.32 Å². The molecule has 0 radical (unpaired) electrons. The fourth-order valence-corrected chi connectivity index (χ4v) is 2.38. The van der Waals surface area contributed by atoms with Crippen LogP contribution in [-0.4, -0.2) is 26.5 Å². The number of Topliss-reactive ketones (excluding diaryl/α,β-unsaturated/α-hetero) is 1. The maximum atomic E-state index is 12.3. The Morgan fingerprint density at radius 1 is 1.45 bits per heavy atom. The van der Waals surface area contributed by atoms with E-state index in [1.807, 2.05) is 6.92 Å². The Morgan fingerprint density at radius 2 is 2.15 bits per heavy atom. The molecular formula is C14H18N4O2. The van der Waals surface area contributed by atoms with E-state index in [1.165, 1.54) is 6.92 Å². The summed E-state index contributed by atoms with van der Waals surface area (Å²) < 4.78 is 1.61. The van der Waals surface area contributed by atoms with Crippen molar-refractivity contribution in [3.05, 3.63) is 34.9 Å². The minimum Gasteiger partial charge on any atom is -0.354 e. The SMILES string of the molecule is CCc1c(C(=O)Nc2cnn(C)c2)[nH]c(C)c1C(C)=O. The van der Waals surface area contributed by atoms with Gasteiger partial charge in [-0.3, -0.25) is 14.3 Å². The van der Waals surface area contributed by atoms with Gasteiger partial charge in [-0.1, -0.05) is 6.92 Å². The molecule has 0 aliphatic rings. The van der Waals surface area contributed by atoms with Crippen LogP contribution in [-0.2, 0) is 13.5 Å². The molecular weight excluding hydrogens is 256 g/mol. The molecule has 1 amide bonds. The van der Waals surface area contributed by atoms with Crippen molar-refractivity contribution in [1.82, 2.24) is 14.8 Å². The Labute approximate surface area is 117 Å². The van der Waals surface area contributed by atoms with Gasteiger partial charge in [-0.15, -0.1) is 0 Å². The van der Waals surface area contributed by atoms with Gasteiger partial charge >= 0.3 is 0 Å². The van der Waals surface area contributed by atoms with Gasteiger partial charge in [-0.2, -0.15) is 5.10 Å². The number of rotatable bonds is 4. The fourth-order valence-electron chi connectivity index (χ4n) is 2.38. The maximum Gasteiger partial charge on any atom is 0.272 e. The minimum atomic E-state index is -0.259. The summed E-state index contributed by atoms with van der Waals surface area (Å²) >= 11 is 0. The van der Waals surface area contributed by atoms with Crippen LogP contribution in [0.1, 0.15) is 46.0 Å². The van der Waals surface area contributed by atoms with Crippen molar-refractivity contribution in [2.45, 2.75) is 27.2 Å². The first-order valence-corrected chi connectivity index (χ1v) is 6.46. The van der Waals surface area contributed by atoms with Crippen LogP contribution in [0.4, 0.5) is 5.69 Å². The molecule has 2 N–H and O–H groups in total. The maximum absolute atomic E-state index is 12.3. The predicted octanol–water partition coefficient (Wildman–Crippen LogP) is 2.07. The van der Waals surface area contributed by atoms with E-state index in [2.05, 4.69) is 15.4 Å². The number of aromatic nitrogens is 3. The second kappa shape index (κ2) is 5.32. The van der Waals surface area contributed by atoms with E-state index in [0.29, 0.717) is 23.4 Å². The zero-order valence-electron chi connectivity index (χ0n) is 12.1. The molecule has 6 heteroatoms. The third-order valence-corrected chi connectivity index (χ3v) is 3.19. The number of carbonyl (C=O) groups excluding carboxylic acids is 2. The van der Waals surface area contributed by atoms with Crippen LogP contribution >= 0.6 is 0 Å². The Bertz CT molecular complexity index is 667. The van der Waals surface area contributed by atoms with E-state index in [0.717, 1.165) is 11.3 Å². The quantitative estimate of drug-likeness (QED) is 0.838.